The molecule has 4 N–H and O–H groups in total. The lowest BCUT2D eigenvalue weighted by Crippen LogP contribution is -2.15. The van der Waals surface area contributed by atoms with E-state index in [1.165, 1.54) is 0 Å². The van der Waals surface area contributed by atoms with Crippen molar-refractivity contribution in [3.8, 4) is 5.75 Å². The number of nitrogens with one attached hydrogen (secondary N) is 1. The maximum atomic E-state index is 9.46. The summed E-state index contributed by atoms with van der Waals surface area (Å²) in [5.74, 6) is 1.55. The third-order valence-corrected chi connectivity index (χ3v) is 4.17. The van der Waals surface area contributed by atoms with Crippen LogP contribution in [0, 0.1) is 5.41 Å². The van der Waals surface area contributed by atoms with E-state index in [0.29, 0.717) is 5.56 Å². The molecule has 4 nitrogen and oxygen atoms in total. The zero-order valence-electron chi connectivity index (χ0n) is 10.9. The molecule has 1 rings (SSSR count). The smallest absolute Gasteiger partial charge is 0.122 e. The molecule has 2 unspecified atom stereocenters. The first kappa shape index (κ1) is 14.9. The first-order chi connectivity index (χ1) is 8.45. The van der Waals surface area contributed by atoms with Gasteiger partial charge in [-0.05, 0) is 25.1 Å². The minimum Gasteiger partial charge on any atom is -0.496 e. The van der Waals surface area contributed by atoms with Crippen molar-refractivity contribution in [3.63, 3.8) is 0 Å². The molecule has 0 saturated carbocycles. The molecule has 5 heteroatoms. The third kappa shape index (κ3) is 3.92. The van der Waals surface area contributed by atoms with Crippen LogP contribution in [0.5, 0.6) is 5.75 Å². The van der Waals surface area contributed by atoms with E-state index in [4.69, 9.17) is 15.9 Å². The van der Waals surface area contributed by atoms with Crippen LogP contribution in [0.1, 0.15) is 25.0 Å². The Kier molecular flexibility index (Phi) is 5.50. The topological polar surface area (TPSA) is 79.3 Å². The summed E-state index contributed by atoms with van der Waals surface area (Å²) in [6.07, 6.45) is -0.350. The molecule has 1 aromatic rings. The number of hydrogen-bond acceptors (Lipinski definition) is 4. The van der Waals surface area contributed by atoms with Gasteiger partial charge in [0.1, 0.15) is 11.6 Å². The Hall–Kier alpha value is -1.20. The van der Waals surface area contributed by atoms with Crippen LogP contribution < -0.4 is 10.5 Å². The van der Waals surface area contributed by atoms with Crippen LogP contribution in [0.3, 0.4) is 0 Å². The van der Waals surface area contributed by atoms with Crippen LogP contribution in [0.15, 0.2) is 18.2 Å². The maximum Gasteiger partial charge on any atom is 0.122 e. The second kappa shape index (κ2) is 6.66. The maximum absolute atomic E-state index is 9.46. The summed E-state index contributed by atoms with van der Waals surface area (Å²) in [5.41, 5.74) is 7.15. The highest BCUT2D eigenvalue weighted by Crippen LogP contribution is 2.27. The summed E-state index contributed by atoms with van der Waals surface area (Å²) in [4.78, 5) is 0. The van der Waals surface area contributed by atoms with Gasteiger partial charge in [0.25, 0.3) is 0 Å². The summed E-state index contributed by atoms with van der Waals surface area (Å²) in [6, 6.07) is 5.45. The second-order valence-corrected chi connectivity index (χ2v) is 5.56. The quantitative estimate of drug-likeness (QED) is 0.544. The molecule has 0 spiro atoms. The SMILES string of the molecule is COc1ccc(C(=N)N)cc1CSC(C)C(C)O. The van der Waals surface area contributed by atoms with Crippen LogP contribution >= 0.6 is 11.8 Å². The standard InChI is InChI=1S/C13H20N2O2S/c1-8(16)9(2)18-7-11-6-10(13(14)15)4-5-12(11)17-3/h4-6,8-9,16H,7H2,1-3H3,(H3,14,15). The molecule has 0 aromatic heterocycles. The zero-order valence-corrected chi connectivity index (χ0v) is 11.8. The van der Waals surface area contributed by atoms with E-state index in [1.807, 2.05) is 19.1 Å². The average molecular weight is 268 g/mol. The van der Waals surface area contributed by atoms with E-state index in [0.717, 1.165) is 17.1 Å². The fourth-order valence-corrected chi connectivity index (χ4v) is 2.37. The number of amidine groups is 1. The van der Waals surface area contributed by atoms with Gasteiger partial charge in [0, 0.05) is 22.1 Å². The van der Waals surface area contributed by atoms with Gasteiger partial charge in [-0.3, -0.25) is 5.41 Å². The van der Waals surface area contributed by atoms with Gasteiger partial charge in [-0.1, -0.05) is 6.92 Å². The van der Waals surface area contributed by atoms with Gasteiger partial charge in [0.05, 0.1) is 13.2 Å². The molecule has 0 saturated heterocycles. The van der Waals surface area contributed by atoms with Gasteiger partial charge in [-0.25, -0.2) is 0 Å². The van der Waals surface area contributed by atoms with Crippen LogP contribution in [-0.2, 0) is 5.75 Å². The number of rotatable bonds is 6. The minimum atomic E-state index is -0.350. The number of hydrogen-bond donors (Lipinski definition) is 3. The molecular weight excluding hydrogens is 248 g/mol. The van der Waals surface area contributed by atoms with Gasteiger partial charge in [0.15, 0.2) is 0 Å². The van der Waals surface area contributed by atoms with Crippen molar-refractivity contribution >= 4 is 17.6 Å². The summed E-state index contributed by atoms with van der Waals surface area (Å²) < 4.78 is 5.29. The molecule has 18 heavy (non-hydrogen) atoms. The van der Waals surface area contributed by atoms with Crippen molar-refractivity contribution in [2.45, 2.75) is 31.0 Å². The second-order valence-electron chi connectivity index (χ2n) is 4.20. The van der Waals surface area contributed by atoms with Crippen molar-refractivity contribution in [2.24, 2.45) is 5.73 Å². The molecule has 0 aliphatic rings. The van der Waals surface area contributed by atoms with Gasteiger partial charge in [-0.15, -0.1) is 0 Å². The summed E-state index contributed by atoms with van der Waals surface area (Å²) in [6.45, 7) is 3.76. The fourth-order valence-electron chi connectivity index (χ4n) is 1.42. The van der Waals surface area contributed by atoms with Gasteiger partial charge in [0.2, 0.25) is 0 Å². The first-order valence-electron chi connectivity index (χ1n) is 5.76. The Labute approximate surface area is 112 Å². The number of ether oxygens (including phenoxy) is 1. The first-order valence-corrected chi connectivity index (χ1v) is 6.81. The van der Waals surface area contributed by atoms with E-state index in [2.05, 4.69) is 0 Å². The monoisotopic (exact) mass is 268 g/mol. The number of benzene rings is 1. The number of nitrogen functional groups attached to an aromatic ring is 1. The summed E-state index contributed by atoms with van der Waals surface area (Å²) in [5, 5.41) is 17.0. The Bertz CT molecular complexity index is 421. The van der Waals surface area contributed by atoms with Crippen molar-refractivity contribution in [2.75, 3.05) is 7.11 Å². The molecule has 0 aliphatic carbocycles. The molecule has 0 radical (unpaired) electrons. The van der Waals surface area contributed by atoms with E-state index in [1.54, 1.807) is 31.9 Å². The lowest BCUT2D eigenvalue weighted by Gasteiger charge is -2.16. The van der Waals surface area contributed by atoms with Crippen LogP contribution in [0.2, 0.25) is 0 Å². The van der Waals surface area contributed by atoms with E-state index >= 15 is 0 Å². The lowest BCUT2D eigenvalue weighted by molar-refractivity contribution is 0.196. The largest absolute Gasteiger partial charge is 0.496 e. The highest BCUT2D eigenvalue weighted by Gasteiger charge is 2.12. The molecule has 2 atom stereocenters. The third-order valence-electron chi connectivity index (χ3n) is 2.77. The van der Waals surface area contributed by atoms with Crippen LogP contribution in [-0.4, -0.2) is 29.4 Å². The van der Waals surface area contributed by atoms with Crippen molar-refractivity contribution in [1.29, 1.82) is 5.41 Å². The number of aliphatic hydroxyl groups excluding tert-OH is 1. The number of aliphatic hydroxyl groups is 1. The summed E-state index contributed by atoms with van der Waals surface area (Å²) in [7, 11) is 1.62. The predicted molar refractivity (Wildman–Crippen MR) is 76.4 cm³/mol. The molecule has 0 bridgehead atoms. The molecule has 0 aliphatic heterocycles. The number of nitrogens with two attached hydrogens (primary N) is 1. The van der Waals surface area contributed by atoms with Crippen LogP contribution in [0.4, 0.5) is 0 Å². The van der Waals surface area contributed by atoms with Gasteiger partial charge < -0.3 is 15.6 Å². The van der Waals surface area contributed by atoms with E-state index in [9.17, 15) is 5.11 Å². The molecule has 1 aromatic carbocycles. The average Bonchev–Trinajstić information content (AvgIpc) is 2.35. The Morgan fingerprint density at radius 1 is 1.50 bits per heavy atom. The lowest BCUT2D eigenvalue weighted by atomic mass is 10.1. The minimum absolute atomic E-state index is 0.0486. The molecule has 0 amide bonds. The number of thioether (sulfide) groups is 1. The zero-order chi connectivity index (χ0) is 13.7. The van der Waals surface area contributed by atoms with Crippen LogP contribution in [0.25, 0.3) is 0 Å². The predicted octanol–water partition coefficient (Wildman–Crippen LogP) is 1.98. The van der Waals surface area contributed by atoms with Crippen molar-refractivity contribution < 1.29 is 9.84 Å². The molecular formula is C13H20N2O2S. The Balaban J connectivity index is 2.84. The Morgan fingerprint density at radius 3 is 2.67 bits per heavy atom. The normalized spacial score (nSPS) is 14.0. The Morgan fingerprint density at radius 2 is 2.17 bits per heavy atom. The van der Waals surface area contributed by atoms with Crippen molar-refractivity contribution in [1.82, 2.24) is 0 Å². The molecule has 0 heterocycles. The van der Waals surface area contributed by atoms with E-state index in [-0.39, 0.29) is 17.2 Å². The molecule has 100 valence electrons. The highest BCUT2D eigenvalue weighted by atomic mass is 32.2. The highest BCUT2D eigenvalue weighted by molar-refractivity contribution is 7.99. The van der Waals surface area contributed by atoms with Crippen molar-refractivity contribution in [3.05, 3.63) is 29.3 Å². The fraction of sp³-hybridized carbons (Fsp3) is 0.462. The number of methoxy groups -OCH3 is 1. The van der Waals surface area contributed by atoms with E-state index < -0.39 is 0 Å². The molecule has 0 fully saturated rings. The van der Waals surface area contributed by atoms with Gasteiger partial charge in [-0.2, -0.15) is 11.8 Å². The van der Waals surface area contributed by atoms with Gasteiger partial charge >= 0.3 is 0 Å². The summed E-state index contributed by atoms with van der Waals surface area (Å²) >= 11 is 1.65.